The Morgan fingerprint density at radius 1 is 0.815 bits per heavy atom. The number of hydrogen-bond donors (Lipinski definition) is 0. The predicted octanol–water partition coefficient (Wildman–Crippen LogP) is 5.78. The zero-order valence-electron chi connectivity index (χ0n) is 15.1. The lowest BCUT2D eigenvalue weighted by molar-refractivity contribution is -0.0464. The second-order valence-corrected chi connectivity index (χ2v) is 7.76. The summed E-state index contributed by atoms with van der Waals surface area (Å²) in [5.41, 5.74) is 2.99. The second kappa shape index (κ2) is 6.79. The van der Waals surface area contributed by atoms with Crippen LogP contribution in [0.25, 0.3) is 0 Å². The van der Waals surface area contributed by atoms with Gasteiger partial charge in [-0.2, -0.15) is 0 Å². The predicted molar refractivity (Wildman–Crippen MR) is 109 cm³/mol. The molecule has 2 fully saturated rings. The topological polar surface area (TPSA) is 12.5 Å². The summed E-state index contributed by atoms with van der Waals surface area (Å²) < 4.78 is 7.00. The Balaban J connectivity index is 1.71. The standard InChI is InChI=1S/C24H22ClNO/c25-21-15-8-7-14-20(21)23-26-17-9-16-22(26)24(27-23,18-10-3-1-4-11-18)19-12-5-2-6-13-19/h1-8,10-15,22-23H,9,16-17H2/t22-,23-/m0/s1. The van der Waals surface area contributed by atoms with E-state index in [0.29, 0.717) is 6.04 Å². The fourth-order valence-corrected chi connectivity index (χ4v) is 5.03. The zero-order valence-corrected chi connectivity index (χ0v) is 15.8. The van der Waals surface area contributed by atoms with E-state index in [9.17, 15) is 0 Å². The van der Waals surface area contributed by atoms with E-state index in [0.717, 1.165) is 23.6 Å². The Hall–Kier alpha value is -2.13. The molecule has 3 heteroatoms. The van der Waals surface area contributed by atoms with Crippen molar-refractivity contribution in [3.8, 4) is 0 Å². The number of nitrogens with zero attached hydrogens (tertiary/aromatic N) is 1. The molecule has 0 saturated carbocycles. The summed E-state index contributed by atoms with van der Waals surface area (Å²) in [6, 6.07) is 29.7. The van der Waals surface area contributed by atoms with Crippen LogP contribution in [0.3, 0.4) is 0 Å². The maximum atomic E-state index is 7.00. The number of rotatable bonds is 3. The van der Waals surface area contributed by atoms with Crippen LogP contribution in [-0.2, 0) is 10.3 Å². The van der Waals surface area contributed by atoms with E-state index in [2.05, 4.69) is 71.6 Å². The molecule has 0 aromatic heterocycles. The van der Waals surface area contributed by atoms with E-state index in [-0.39, 0.29) is 6.23 Å². The van der Waals surface area contributed by atoms with Gasteiger partial charge in [-0.25, -0.2) is 0 Å². The third-order valence-electron chi connectivity index (χ3n) is 5.94. The first-order valence-corrected chi connectivity index (χ1v) is 9.97. The molecule has 2 atom stereocenters. The molecule has 3 aromatic rings. The first-order chi connectivity index (χ1) is 13.3. The van der Waals surface area contributed by atoms with Crippen LogP contribution in [0.2, 0.25) is 5.02 Å². The Kier molecular flexibility index (Phi) is 4.28. The highest BCUT2D eigenvalue weighted by Crippen LogP contribution is 2.54. The lowest BCUT2D eigenvalue weighted by Crippen LogP contribution is -2.40. The molecule has 0 radical (unpaired) electrons. The number of fused-ring (bicyclic) bond motifs is 1. The van der Waals surface area contributed by atoms with Crippen molar-refractivity contribution in [2.75, 3.05) is 6.54 Å². The molecule has 2 aliphatic heterocycles. The molecule has 0 spiro atoms. The largest absolute Gasteiger partial charge is 0.341 e. The monoisotopic (exact) mass is 375 g/mol. The molecule has 2 aliphatic rings. The van der Waals surface area contributed by atoms with Crippen molar-refractivity contribution in [3.05, 3.63) is 107 Å². The van der Waals surface area contributed by atoms with Gasteiger partial charge in [-0.05, 0) is 30.0 Å². The van der Waals surface area contributed by atoms with E-state index >= 15 is 0 Å². The highest BCUT2D eigenvalue weighted by Gasteiger charge is 2.57. The van der Waals surface area contributed by atoms with Crippen LogP contribution < -0.4 is 0 Å². The third-order valence-corrected chi connectivity index (χ3v) is 6.28. The van der Waals surface area contributed by atoms with Gasteiger partial charge >= 0.3 is 0 Å². The SMILES string of the molecule is Clc1ccccc1[C@@H]1OC(c2ccccc2)(c2ccccc2)[C@@H]2CCCN21. The van der Waals surface area contributed by atoms with Crippen LogP contribution in [0, 0.1) is 0 Å². The summed E-state index contributed by atoms with van der Waals surface area (Å²) in [5.74, 6) is 0. The number of halogens is 1. The lowest BCUT2D eigenvalue weighted by atomic mass is 9.79. The molecule has 2 heterocycles. The van der Waals surface area contributed by atoms with E-state index < -0.39 is 5.60 Å². The highest BCUT2D eigenvalue weighted by molar-refractivity contribution is 6.31. The molecular weight excluding hydrogens is 354 g/mol. The highest BCUT2D eigenvalue weighted by atomic mass is 35.5. The minimum absolute atomic E-state index is 0.133. The first kappa shape index (κ1) is 17.0. The molecule has 0 aliphatic carbocycles. The molecule has 0 bridgehead atoms. The Morgan fingerprint density at radius 2 is 1.41 bits per heavy atom. The van der Waals surface area contributed by atoms with Crippen molar-refractivity contribution in [1.29, 1.82) is 0 Å². The maximum Gasteiger partial charge on any atom is 0.140 e. The van der Waals surface area contributed by atoms with Gasteiger partial charge in [0.1, 0.15) is 11.8 Å². The summed E-state index contributed by atoms with van der Waals surface area (Å²) in [7, 11) is 0. The molecule has 2 nitrogen and oxygen atoms in total. The van der Waals surface area contributed by atoms with Crippen LogP contribution in [-0.4, -0.2) is 17.5 Å². The van der Waals surface area contributed by atoms with Gasteiger partial charge in [0, 0.05) is 17.1 Å². The quantitative estimate of drug-likeness (QED) is 0.575. The minimum Gasteiger partial charge on any atom is -0.341 e. The van der Waals surface area contributed by atoms with Crippen molar-refractivity contribution >= 4 is 11.6 Å². The molecular formula is C24H22ClNO. The average molecular weight is 376 g/mol. The Bertz CT molecular complexity index is 888. The first-order valence-electron chi connectivity index (χ1n) is 9.60. The fourth-order valence-electron chi connectivity index (χ4n) is 4.81. The van der Waals surface area contributed by atoms with Gasteiger partial charge in [0.2, 0.25) is 0 Å². The van der Waals surface area contributed by atoms with E-state index in [1.807, 2.05) is 18.2 Å². The Morgan fingerprint density at radius 3 is 2.04 bits per heavy atom. The van der Waals surface area contributed by atoms with Crippen molar-refractivity contribution in [1.82, 2.24) is 4.90 Å². The summed E-state index contributed by atoms with van der Waals surface area (Å²) >= 11 is 6.57. The van der Waals surface area contributed by atoms with Crippen LogP contribution in [0.4, 0.5) is 0 Å². The molecule has 2 saturated heterocycles. The van der Waals surface area contributed by atoms with Crippen molar-refractivity contribution in [2.45, 2.75) is 30.7 Å². The summed E-state index contributed by atoms with van der Waals surface area (Å²) in [6.45, 7) is 1.03. The third kappa shape index (κ3) is 2.63. The molecule has 27 heavy (non-hydrogen) atoms. The van der Waals surface area contributed by atoms with Gasteiger partial charge in [0.15, 0.2) is 0 Å². The summed E-state index contributed by atoms with van der Waals surface area (Å²) in [4.78, 5) is 2.50. The number of hydrogen-bond acceptors (Lipinski definition) is 2. The average Bonchev–Trinajstić information content (AvgIpc) is 3.32. The van der Waals surface area contributed by atoms with Crippen LogP contribution in [0.5, 0.6) is 0 Å². The van der Waals surface area contributed by atoms with E-state index in [4.69, 9.17) is 16.3 Å². The zero-order chi connectivity index (χ0) is 18.3. The van der Waals surface area contributed by atoms with Crippen LogP contribution >= 0.6 is 11.6 Å². The van der Waals surface area contributed by atoms with Gasteiger partial charge in [0.05, 0.1) is 6.04 Å². The Labute approximate surface area is 165 Å². The molecule has 0 unspecified atom stereocenters. The fraction of sp³-hybridized carbons (Fsp3) is 0.250. The second-order valence-electron chi connectivity index (χ2n) is 7.36. The van der Waals surface area contributed by atoms with Gasteiger partial charge in [-0.1, -0.05) is 90.5 Å². The molecule has 136 valence electrons. The van der Waals surface area contributed by atoms with Gasteiger partial charge in [-0.15, -0.1) is 0 Å². The number of ether oxygens (including phenoxy) is 1. The van der Waals surface area contributed by atoms with Crippen molar-refractivity contribution < 1.29 is 4.74 Å². The van der Waals surface area contributed by atoms with Gasteiger partial charge in [-0.3, -0.25) is 4.90 Å². The smallest absolute Gasteiger partial charge is 0.140 e. The van der Waals surface area contributed by atoms with Gasteiger partial charge < -0.3 is 4.74 Å². The van der Waals surface area contributed by atoms with Crippen molar-refractivity contribution in [3.63, 3.8) is 0 Å². The van der Waals surface area contributed by atoms with E-state index in [1.165, 1.54) is 17.5 Å². The van der Waals surface area contributed by atoms with Crippen molar-refractivity contribution in [2.24, 2.45) is 0 Å². The summed E-state index contributed by atoms with van der Waals surface area (Å²) in [6.07, 6.45) is 2.16. The number of benzene rings is 3. The minimum atomic E-state index is -0.483. The van der Waals surface area contributed by atoms with Gasteiger partial charge in [0.25, 0.3) is 0 Å². The molecule has 0 amide bonds. The molecule has 0 N–H and O–H groups in total. The summed E-state index contributed by atoms with van der Waals surface area (Å²) in [5, 5.41) is 0.769. The molecule has 5 rings (SSSR count). The van der Waals surface area contributed by atoms with Crippen LogP contribution in [0.15, 0.2) is 84.9 Å². The molecule has 3 aromatic carbocycles. The normalized spacial score (nSPS) is 24.0. The van der Waals surface area contributed by atoms with E-state index in [1.54, 1.807) is 0 Å². The maximum absolute atomic E-state index is 7.00. The van der Waals surface area contributed by atoms with Crippen LogP contribution in [0.1, 0.15) is 35.8 Å². The lowest BCUT2D eigenvalue weighted by Gasteiger charge is -2.34.